The lowest BCUT2D eigenvalue weighted by Gasteiger charge is -2.18. The minimum atomic E-state index is -0.496. The summed E-state index contributed by atoms with van der Waals surface area (Å²) in [6.07, 6.45) is 0. The first-order chi connectivity index (χ1) is 9.45. The average Bonchev–Trinajstić information content (AvgIpc) is 2.42. The third kappa shape index (κ3) is 4.82. The van der Waals surface area contributed by atoms with E-state index in [0.717, 1.165) is 0 Å². The number of para-hydroxylation sites is 1. The highest BCUT2D eigenvalue weighted by Crippen LogP contribution is 2.29. The van der Waals surface area contributed by atoms with Gasteiger partial charge in [-0.1, -0.05) is 26.0 Å². The molecule has 0 aliphatic heterocycles. The number of carbonyl (C=O) groups is 1. The van der Waals surface area contributed by atoms with Crippen LogP contribution < -0.4 is 5.32 Å². The lowest BCUT2D eigenvalue weighted by Crippen LogP contribution is -2.43. The molecular formula is C13H18N2O4S. The lowest BCUT2D eigenvalue weighted by molar-refractivity contribution is -0.387. The Hall–Kier alpha value is -1.60. The zero-order chi connectivity index (χ0) is 15.1. The predicted molar refractivity (Wildman–Crippen MR) is 77.9 cm³/mol. The number of hydrogen-bond acceptors (Lipinski definition) is 6. The summed E-state index contributed by atoms with van der Waals surface area (Å²) in [7, 11) is 1.33. The number of benzene rings is 1. The van der Waals surface area contributed by atoms with Gasteiger partial charge in [0.25, 0.3) is 5.69 Å². The second-order valence-electron chi connectivity index (χ2n) is 4.43. The fraction of sp³-hybridized carbons (Fsp3) is 0.462. The van der Waals surface area contributed by atoms with E-state index in [2.05, 4.69) is 5.32 Å². The van der Waals surface area contributed by atoms with Crippen molar-refractivity contribution in [3.05, 3.63) is 34.4 Å². The van der Waals surface area contributed by atoms with Crippen LogP contribution in [0.2, 0.25) is 0 Å². The molecule has 1 N–H and O–H groups in total. The Labute approximate surface area is 122 Å². The van der Waals surface area contributed by atoms with Gasteiger partial charge >= 0.3 is 5.97 Å². The van der Waals surface area contributed by atoms with Gasteiger partial charge in [0.05, 0.1) is 16.9 Å². The standard InChI is InChI=1S/C13H18N2O4S/c1-9(2)14-10(13(16)19-3)8-20-12-7-5-4-6-11(12)15(17)18/h4-7,9-10,14H,8H2,1-3H3. The largest absolute Gasteiger partial charge is 0.468 e. The van der Waals surface area contributed by atoms with Crippen molar-refractivity contribution >= 4 is 23.4 Å². The van der Waals surface area contributed by atoms with E-state index in [-0.39, 0.29) is 17.7 Å². The molecule has 1 aromatic rings. The van der Waals surface area contributed by atoms with E-state index in [4.69, 9.17) is 4.74 Å². The van der Waals surface area contributed by atoms with Crippen molar-refractivity contribution < 1.29 is 14.5 Å². The molecule has 0 saturated carbocycles. The van der Waals surface area contributed by atoms with Crippen molar-refractivity contribution in [3.8, 4) is 0 Å². The summed E-state index contributed by atoms with van der Waals surface area (Å²) in [5.74, 6) is 0.000171. The van der Waals surface area contributed by atoms with Crippen LogP contribution in [0, 0.1) is 10.1 Å². The molecule has 1 rings (SSSR count). The van der Waals surface area contributed by atoms with Crippen molar-refractivity contribution in [1.82, 2.24) is 5.32 Å². The third-order valence-corrected chi connectivity index (χ3v) is 3.64. The second-order valence-corrected chi connectivity index (χ2v) is 5.49. The van der Waals surface area contributed by atoms with Crippen LogP contribution in [0.1, 0.15) is 13.8 Å². The monoisotopic (exact) mass is 298 g/mol. The minimum Gasteiger partial charge on any atom is -0.468 e. The van der Waals surface area contributed by atoms with Gasteiger partial charge in [-0.3, -0.25) is 14.9 Å². The number of ether oxygens (including phenoxy) is 1. The maximum Gasteiger partial charge on any atom is 0.323 e. The fourth-order valence-corrected chi connectivity index (χ4v) is 2.68. The topological polar surface area (TPSA) is 81.5 Å². The van der Waals surface area contributed by atoms with Crippen molar-refractivity contribution in [2.75, 3.05) is 12.9 Å². The summed E-state index contributed by atoms with van der Waals surface area (Å²) < 4.78 is 4.73. The van der Waals surface area contributed by atoms with Crippen LogP contribution in [-0.2, 0) is 9.53 Å². The van der Waals surface area contributed by atoms with E-state index in [1.165, 1.54) is 24.9 Å². The van der Waals surface area contributed by atoms with Gasteiger partial charge in [-0.2, -0.15) is 0 Å². The summed E-state index contributed by atoms with van der Waals surface area (Å²) in [5.41, 5.74) is 0.0469. The number of nitrogens with one attached hydrogen (secondary N) is 1. The Kier molecular flexibility index (Phi) is 6.47. The number of carbonyl (C=O) groups excluding carboxylic acids is 1. The van der Waals surface area contributed by atoms with Crippen LogP contribution >= 0.6 is 11.8 Å². The molecule has 0 aromatic heterocycles. The lowest BCUT2D eigenvalue weighted by atomic mass is 10.3. The number of thioether (sulfide) groups is 1. The van der Waals surface area contributed by atoms with Gasteiger partial charge < -0.3 is 10.1 Å². The number of rotatable bonds is 7. The summed E-state index contributed by atoms with van der Waals surface area (Å²) in [6.45, 7) is 3.84. The van der Waals surface area contributed by atoms with E-state index in [0.29, 0.717) is 10.6 Å². The zero-order valence-electron chi connectivity index (χ0n) is 11.7. The van der Waals surface area contributed by atoms with Gasteiger partial charge in [-0.05, 0) is 6.07 Å². The fourth-order valence-electron chi connectivity index (χ4n) is 1.63. The second kappa shape index (κ2) is 7.86. The molecule has 1 atom stereocenters. The quantitative estimate of drug-likeness (QED) is 0.360. The molecule has 1 aromatic carbocycles. The number of nitrogens with zero attached hydrogens (tertiary/aromatic N) is 1. The van der Waals surface area contributed by atoms with E-state index in [1.54, 1.807) is 18.2 Å². The Morgan fingerprint density at radius 2 is 2.10 bits per heavy atom. The molecule has 6 nitrogen and oxygen atoms in total. The van der Waals surface area contributed by atoms with Crippen molar-refractivity contribution in [3.63, 3.8) is 0 Å². The number of nitro groups is 1. The highest BCUT2D eigenvalue weighted by atomic mass is 32.2. The van der Waals surface area contributed by atoms with E-state index < -0.39 is 11.0 Å². The number of hydrogen-bond donors (Lipinski definition) is 1. The Morgan fingerprint density at radius 3 is 2.65 bits per heavy atom. The van der Waals surface area contributed by atoms with Gasteiger partial charge in [0.1, 0.15) is 6.04 Å². The molecule has 0 radical (unpaired) electrons. The zero-order valence-corrected chi connectivity index (χ0v) is 12.5. The SMILES string of the molecule is COC(=O)C(CSc1ccccc1[N+](=O)[O-])NC(C)C. The van der Waals surface area contributed by atoms with Crippen molar-refractivity contribution in [2.24, 2.45) is 0 Å². The number of esters is 1. The highest BCUT2D eigenvalue weighted by molar-refractivity contribution is 7.99. The van der Waals surface area contributed by atoms with Gasteiger partial charge in [0.15, 0.2) is 0 Å². The molecule has 110 valence electrons. The van der Waals surface area contributed by atoms with Crippen LogP contribution in [0.4, 0.5) is 5.69 Å². The predicted octanol–water partition coefficient (Wildman–Crippen LogP) is 2.23. The molecule has 7 heteroatoms. The van der Waals surface area contributed by atoms with Crippen LogP contribution in [0.25, 0.3) is 0 Å². The maximum absolute atomic E-state index is 11.7. The first-order valence-electron chi connectivity index (χ1n) is 6.15. The summed E-state index contributed by atoms with van der Waals surface area (Å²) >= 11 is 1.26. The van der Waals surface area contributed by atoms with Gasteiger partial charge in [-0.15, -0.1) is 11.8 Å². The van der Waals surface area contributed by atoms with Crippen LogP contribution in [0.5, 0.6) is 0 Å². The van der Waals surface area contributed by atoms with Crippen LogP contribution in [0.3, 0.4) is 0 Å². The molecule has 0 spiro atoms. The van der Waals surface area contributed by atoms with Crippen LogP contribution in [0.15, 0.2) is 29.2 Å². The number of methoxy groups -OCH3 is 1. The highest BCUT2D eigenvalue weighted by Gasteiger charge is 2.22. The summed E-state index contributed by atoms with van der Waals surface area (Å²) in [5, 5.41) is 14.0. The van der Waals surface area contributed by atoms with Crippen molar-refractivity contribution in [1.29, 1.82) is 0 Å². The summed E-state index contributed by atoms with van der Waals surface area (Å²) in [4.78, 5) is 22.7. The molecule has 0 bridgehead atoms. The van der Waals surface area contributed by atoms with Gasteiger partial charge in [0.2, 0.25) is 0 Å². The maximum atomic E-state index is 11.7. The van der Waals surface area contributed by atoms with Gasteiger partial charge in [0, 0.05) is 17.9 Å². The molecule has 0 amide bonds. The molecule has 0 heterocycles. The van der Waals surface area contributed by atoms with Crippen molar-refractivity contribution in [2.45, 2.75) is 30.8 Å². The van der Waals surface area contributed by atoms with Gasteiger partial charge in [-0.25, -0.2) is 0 Å². The first-order valence-corrected chi connectivity index (χ1v) is 7.14. The molecule has 0 saturated heterocycles. The van der Waals surface area contributed by atoms with E-state index in [1.807, 2.05) is 13.8 Å². The van der Waals surface area contributed by atoms with E-state index >= 15 is 0 Å². The molecule has 20 heavy (non-hydrogen) atoms. The first kappa shape index (κ1) is 16.5. The molecule has 0 fully saturated rings. The Morgan fingerprint density at radius 1 is 1.45 bits per heavy atom. The summed E-state index contributed by atoms with van der Waals surface area (Å²) in [6, 6.07) is 6.10. The smallest absolute Gasteiger partial charge is 0.323 e. The Bertz CT molecular complexity index is 479. The number of nitro benzene ring substituents is 1. The van der Waals surface area contributed by atoms with E-state index in [9.17, 15) is 14.9 Å². The normalized spacial score (nSPS) is 12.2. The Balaban J connectivity index is 2.77. The molecule has 1 unspecified atom stereocenters. The molecule has 0 aliphatic rings. The minimum absolute atomic E-state index is 0.0469. The van der Waals surface area contributed by atoms with Crippen LogP contribution in [-0.4, -0.2) is 35.8 Å². The molecular weight excluding hydrogens is 280 g/mol. The average molecular weight is 298 g/mol. The third-order valence-electron chi connectivity index (χ3n) is 2.49. The molecule has 0 aliphatic carbocycles.